The summed E-state index contributed by atoms with van der Waals surface area (Å²) in [5, 5.41) is 0. The number of fused-ring (bicyclic) bond motifs is 6. The van der Waals surface area contributed by atoms with E-state index in [4.69, 9.17) is 0 Å². The van der Waals surface area contributed by atoms with Gasteiger partial charge < -0.3 is 4.90 Å². The van der Waals surface area contributed by atoms with Crippen molar-refractivity contribution in [1.29, 1.82) is 0 Å². The van der Waals surface area contributed by atoms with E-state index < -0.39 is 0 Å². The van der Waals surface area contributed by atoms with Gasteiger partial charge in [-0.1, -0.05) is 191 Å². The summed E-state index contributed by atoms with van der Waals surface area (Å²) < 4.78 is 0. The standard InChI is InChI=1S/C62H65N/c1-11-61(12-2)54-37-43(29-34-50(54)51-36-33-49(41-56(51)61)63(47-21-17-15-18-22-47)48-23-19-16-20-24-48)26-25-42-27-30-44(31-28-42)53-38-46(60(8,9)10)40-57-58(53)52-35-32-45(59(5,6)7)39-55(52)62(57,13-3)14-4/h15-41H,11-14H2,1-10H3/b26-25+. The molecule has 0 fully saturated rings. The highest BCUT2D eigenvalue weighted by molar-refractivity contribution is 5.94. The van der Waals surface area contributed by atoms with Crippen molar-refractivity contribution in [2.24, 2.45) is 0 Å². The minimum atomic E-state index is -0.0624. The molecule has 1 heteroatoms. The number of anilines is 3. The van der Waals surface area contributed by atoms with Crippen LogP contribution >= 0.6 is 0 Å². The molecule has 0 unspecified atom stereocenters. The van der Waals surface area contributed by atoms with Crippen molar-refractivity contribution in [1.82, 2.24) is 0 Å². The van der Waals surface area contributed by atoms with Gasteiger partial charge in [0, 0.05) is 27.9 Å². The van der Waals surface area contributed by atoms with Crippen LogP contribution < -0.4 is 4.90 Å². The van der Waals surface area contributed by atoms with Crippen molar-refractivity contribution in [3.8, 4) is 33.4 Å². The molecule has 0 N–H and O–H groups in total. The molecular weight excluding hydrogens is 759 g/mol. The van der Waals surface area contributed by atoms with E-state index in [-0.39, 0.29) is 21.7 Å². The Morgan fingerprint density at radius 1 is 0.397 bits per heavy atom. The van der Waals surface area contributed by atoms with E-state index in [1.807, 2.05) is 0 Å². The van der Waals surface area contributed by atoms with E-state index in [2.05, 4.69) is 238 Å². The third-order valence-electron chi connectivity index (χ3n) is 14.9. The molecule has 0 amide bonds. The van der Waals surface area contributed by atoms with Crippen molar-refractivity contribution in [2.45, 2.75) is 117 Å². The van der Waals surface area contributed by atoms with Crippen LogP contribution in [-0.2, 0) is 21.7 Å². The van der Waals surface area contributed by atoms with E-state index in [0.717, 1.165) is 37.1 Å². The molecule has 63 heavy (non-hydrogen) atoms. The Morgan fingerprint density at radius 2 is 0.873 bits per heavy atom. The van der Waals surface area contributed by atoms with Crippen LogP contribution in [0.2, 0.25) is 0 Å². The van der Waals surface area contributed by atoms with E-state index in [9.17, 15) is 0 Å². The van der Waals surface area contributed by atoms with E-state index in [1.54, 1.807) is 0 Å². The van der Waals surface area contributed by atoms with Gasteiger partial charge in [0.1, 0.15) is 0 Å². The van der Waals surface area contributed by atoms with Gasteiger partial charge in [0.05, 0.1) is 0 Å². The van der Waals surface area contributed by atoms with Gasteiger partial charge in [-0.05, 0) is 157 Å². The normalized spacial score (nSPS) is 14.6. The van der Waals surface area contributed by atoms with Gasteiger partial charge in [-0.15, -0.1) is 0 Å². The monoisotopic (exact) mass is 824 g/mol. The second kappa shape index (κ2) is 16.0. The van der Waals surface area contributed by atoms with Gasteiger partial charge in [-0.25, -0.2) is 0 Å². The van der Waals surface area contributed by atoms with Crippen LogP contribution in [0.5, 0.6) is 0 Å². The van der Waals surface area contributed by atoms with Crippen molar-refractivity contribution in [3.05, 3.63) is 196 Å². The molecule has 7 aromatic carbocycles. The molecule has 2 aliphatic carbocycles. The molecule has 1 nitrogen and oxygen atoms in total. The van der Waals surface area contributed by atoms with Gasteiger partial charge >= 0.3 is 0 Å². The van der Waals surface area contributed by atoms with Gasteiger partial charge in [0.2, 0.25) is 0 Å². The maximum atomic E-state index is 2.56. The molecule has 318 valence electrons. The van der Waals surface area contributed by atoms with Crippen LogP contribution in [-0.4, -0.2) is 0 Å². The smallest absolute Gasteiger partial charge is 0.0465 e. The fourth-order valence-corrected chi connectivity index (χ4v) is 11.1. The molecule has 7 aromatic rings. The molecule has 0 atom stereocenters. The van der Waals surface area contributed by atoms with Gasteiger partial charge in [-0.3, -0.25) is 0 Å². The van der Waals surface area contributed by atoms with Crippen LogP contribution in [0.25, 0.3) is 45.5 Å². The Kier molecular flexibility index (Phi) is 10.8. The van der Waals surface area contributed by atoms with Crippen LogP contribution in [0.3, 0.4) is 0 Å². The molecule has 0 bridgehead atoms. The van der Waals surface area contributed by atoms with Crippen molar-refractivity contribution < 1.29 is 0 Å². The summed E-state index contributed by atoms with van der Waals surface area (Å²) in [6.45, 7) is 23.6. The Balaban J connectivity index is 1.06. The summed E-state index contributed by atoms with van der Waals surface area (Å²) in [6, 6.07) is 57.5. The molecule has 2 aliphatic rings. The molecule has 0 aromatic heterocycles. The lowest BCUT2D eigenvalue weighted by Gasteiger charge is -2.32. The lowest BCUT2D eigenvalue weighted by atomic mass is 9.71. The van der Waals surface area contributed by atoms with E-state index >= 15 is 0 Å². The Bertz CT molecular complexity index is 2780. The predicted octanol–water partition coefficient (Wildman–Crippen LogP) is 17.8. The van der Waals surface area contributed by atoms with Crippen LogP contribution in [0.4, 0.5) is 17.1 Å². The Morgan fingerprint density at radius 3 is 1.44 bits per heavy atom. The average Bonchev–Trinajstić information content (AvgIpc) is 3.74. The highest BCUT2D eigenvalue weighted by Crippen LogP contribution is 2.58. The van der Waals surface area contributed by atoms with Crippen LogP contribution in [0.1, 0.15) is 139 Å². The predicted molar refractivity (Wildman–Crippen MR) is 273 cm³/mol. The SMILES string of the molecule is CCC1(CC)c2cc(/C=C/c3ccc(-c4cc(C(C)(C)C)cc5c4-c4ccc(C(C)(C)C)cc4C5(CC)CC)cc3)ccc2-c2ccc(N(c3ccccc3)c3ccccc3)cc21. The number of para-hydroxylation sites is 2. The zero-order valence-corrected chi connectivity index (χ0v) is 39.4. The summed E-state index contributed by atoms with van der Waals surface area (Å²) in [4.78, 5) is 2.39. The fraction of sp³-hybridized carbons (Fsp3) is 0.290. The molecule has 0 spiro atoms. The van der Waals surface area contributed by atoms with E-state index in [0.29, 0.717) is 0 Å². The zero-order valence-electron chi connectivity index (χ0n) is 39.4. The summed E-state index contributed by atoms with van der Waals surface area (Å²) in [5.41, 5.74) is 23.0. The molecule has 0 heterocycles. The Labute approximate surface area is 378 Å². The van der Waals surface area contributed by atoms with Gasteiger partial charge in [0.15, 0.2) is 0 Å². The maximum absolute atomic E-state index is 2.56. The lowest BCUT2D eigenvalue weighted by molar-refractivity contribution is 0.485. The minimum Gasteiger partial charge on any atom is -0.310 e. The number of nitrogens with zero attached hydrogens (tertiary/aromatic N) is 1. The topological polar surface area (TPSA) is 3.24 Å². The van der Waals surface area contributed by atoms with E-state index in [1.165, 1.54) is 83.6 Å². The second-order valence-electron chi connectivity index (χ2n) is 20.3. The molecule has 0 saturated carbocycles. The first-order chi connectivity index (χ1) is 30.3. The maximum Gasteiger partial charge on any atom is 0.0465 e. The molecule has 9 rings (SSSR count). The summed E-state index contributed by atoms with van der Waals surface area (Å²) in [5.74, 6) is 0. The summed E-state index contributed by atoms with van der Waals surface area (Å²) >= 11 is 0. The van der Waals surface area contributed by atoms with Crippen LogP contribution in [0.15, 0.2) is 152 Å². The minimum absolute atomic E-state index is 0.00193. The molecule has 0 saturated heterocycles. The Hall–Kier alpha value is -5.92. The molecular formula is C62H65N. The average molecular weight is 824 g/mol. The highest BCUT2D eigenvalue weighted by Gasteiger charge is 2.44. The third-order valence-corrected chi connectivity index (χ3v) is 14.9. The zero-order chi connectivity index (χ0) is 44.3. The summed E-state index contributed by atoms with van der Waals surface area (Å²) in [6.07, 6.45) is 8.85. The second-order valence-corrected chi connectivity index (χ2v) is 20.3. The van der Waals surface area contributed by atoms with Gasteiger partial charge in [-0.2, -0.15) is 0 Å². The molecule has 0 radical (unpaired) electrons. The third kappa shape index (κ3) is 7.09. The first-order valence-corrected chi connectivity index (χ1v) is 23.6. The van der Waals surface area contributed by atoms with Gasteiger partial charge in [0.25, 0.3) is 0 Å². The van der Waals surface area contributed by atoms with Crippen molar-refractivity contribution >= 4 is 29.2 Å². The summed E-state index contributed by atoms with van der Waals surface area (Å²) in [7, 11) is 0. The van der Waals surface area contributed by atoms with Crippen molar-refractivity contribution in [2.75, 3.05) is 4.90 Å². The number of benzene rings is 7. The first kappa shape index (κ1) is 42.4. The number of hydrogen-bond donors (Lipinski definition) is 0. The van der Waals surface area contributed by atoms with Crippen LogP contribution in [0, 0.1) is 0 Å². The first-order valence-electron chi connectivity index (χ1n) is 23.6. The number of hydrogen-bond acceptors (Lipinski definition) is 1. The lowest BCUT2D eigenvalue weighted by Crippen LogP contribution is -2.25. The number of rotatable bonds is 10. The largest absolute Gasteiger partial charge is 0.310 e. The fourth-order valence-electron chi connectivity index (χ4n) is 11.1. The van der Waals surface area contributed by atoms with Crippen molar-refractivity contribution in [3.63, 3.8) is 0 Å². The highest BCUT2D eigenvalue weighted by atomic mass is 15.1. The molecule has 0 aliphatic heterocycles. The quantitative estimate of drug-likeness (QED) is 0.124.